The lowest BCUT2D eigenvalue weighted by molar-refractivity contribution is -0.116. The molecule has 0 bridgehead atoms. The summed E-state index contributed by atoms with van der Waals surface area (Å²) in [4.78, 5) is 53.5. The fourth-order valence-electron chi connectivity index (χ4n) is 3.39. The lowest BCUT2D eigenvalue weighted by atomic mass is 10.2. The first-order valence-electron chi connectivity index (χ1n) is 11.2. The van der Waals surface area contributed by atoms with Crippen LogP contribution < -0.4 is 16.6 Å². The Hall–Kier alpha value is -4.21. The fourth-order valence-corrected chi connectivity index (χ4v) is 3.39. The van der Waals surface area contributed by atoms with Gasteiger partial charge in [0.05, 0.1) is 17.6 Å². The second-order valence-electron chi connectivity index (χ2n) is 8.93. The summed E-state index contributed by atoms with van der Waals surface area (Å²) in [6, 6.07) is 10.3. The molecule has 0 fully saturated rings. The van der Waals surface area contributed by atoms with Crippen molar-refractivity contribution in [2.45, 2.75) is 52.2 Å². The molecule has 0 saturated carbocycles. The van der Waals surface area contributed by atoms with Crippen LogP contribution in [0.5, 0.6) is 0 Å². The van der Waals surface area contributed by atoms with Gasteiger partial charge in [-0.2, -0.15) is 0 Å². The van der Waals surface area contributed by atoms with Crippen LogP contribution in [0.3, 0.4) is 0 Å². The van der Waals surface area contributed by atoms with Gasteiger partial charge in [-0.1, -0.05) is 18.2 Å². The van der Waals surface area contributed by atoms with Crippen LogP contribution in [0.15, 0.2) is 59.5 Å². The topological polar surface area (TPSA) is 138 Å². The number of ether oxygens (including phenoxy) is 1. The SMILES string of the molecule is CC(C)(C)OC(=O)n1c(Cn2cccc(NC(=O)CCC/C=C/C(N)=O)c2=O)nc2ccccc21. The number of imidazole rings is 1. The smallest absolute Gasteiger partial charge is 0.420 e. The van der Waals surface area contributed by atoms with Gasteiger partial charge in [0.25, 0.3) is 5.56 Å². The summed E-state index contributed by atoms with van der Waals surface area (Å²) in [5, 5.41) is 2.62. The van der Waals surface area contributed by atoms with Gasteiger partial charge >= 0.3 is 6.09 Å². The molecule has 0 radical (unpaired) electrons. The van der Waals surface area contributed by atoms with E-state index in [0.717, 1.165) is 0 Å². The molecule has 2 amide bonds. The maximum Gasteiger partial charge on any atom is 0.420 e. The second kappa shape index (κ2) is 10.8. The standard InChI is InChI=1S/C25H29N5O5/c1-25(2,3)35-24(34)30-19-12-8-7-10-17(19)27-21(30)16-29-15-9-11-18(23(29)33)28-22(32)14-6-4-5-13-20(26)31/h5,7-13,15H,4,6,14,16H2,1-3H3,(H2,26,31)(H,28,32)/b13-5+. The molecule has 3 aromatic rings. The number of fused-ring (bicyclic) bond motifs is 1. The van der Waals surface area contributed by atoms with Crippen molar-refractivity contribution >= 4 is 34.6 Å². The molecular formula is C25H29N5O5. The summed E-state index contributed by atoms with van der Waals surface area (Å²) in [5.74, 6) is -0.542. The first kappa shape index (κ1) is 25.4. The lowest BCUT2D eigenvalue weighted by Gasteiger charge is -2.20. The highest BCUT2D eigenvalue weighted by atomic mass is 16.6. The maximum absolute atomic E-state index is 13.0. The van der Waals surface area contributed by atoms with Crippen molar-refractivity contribution in [2.75, 3.05) is 5.32 Å². The monoisotopic (exact) mass is 479 g/mol. The van der Waals surface area contributed by atoms with E-state index < -0.39 is 23.2 Å². The number of carbonyl (C=O) groups is 3. The zero-order valence-corrected chi connectivity index (χ0v) is 20.0. The Kier molecular flexibility index (Phi) is 7.85. The molecule has 0 saturated heterocycles. The Bertz CT molecular complexity index is 1330. The number of amides is 2. The van der Waals surface area contributed by atoms with E-state index in [2.05, 4.69) is 10.3 Å². The van der Waals surface area contributed by atoms with Gasteiger partial charge in [0.1, 0.15) is 17.1 Å². The lowest BCUT2D eigenvalue weighted by Crippen LogP contribution is -2.30. The molecular weight excluding hydrogens is 450 g/mol. The van der Waals surface area contributed by atoms with Gasteiger partial charge in [0, 0.05) is 12.6 Å². The Morgan fingerprint density at radius 2 is 1.89 bits per heavy atom. The summed E-state index contributed by atoms with van der Waals surface area (Å²) in [5.41, 5.74) is 5.16. The van der Waals surface area contributed by atoms with E-state index in [-0.39, 0.29) is 24.6 Å². The molecule has 184 valence electrons. The molecule has 3 N–H and O–H groups in total. The van der Waals surface area contributed by atoms with Gasteiger partial charge in [-0.3, -0.25) is 14.4 Å². The Labute approximate surface area is 202 Å². The Morgan fingerprint density at radius 1 is 1.14 bits per heavy atom. The van der Waals surface area contributed by atoms with E-state index in [1.165, 1.54) is 21.3 Å². The molecule has 3 rings (SSSR count). The number of para-hydroxylation sites is 2. The summed E-state index contributed by atoms with van der Waals surface area (Å²) < 4.78 is 8.28. The number of nitrogens with zero attached hydrogens (tertiary/aromatic N) is 3. The number of pyridine rings is 1. The molecule has 2 aromatic heterocycles. The molecule has 10 nitrogen and oxygen atoms in total. The van der Waals surface area contributed by atoms with Crippen LogP contribution in [0.25, 0.3) is 11.0 Å². The van der Waals surface area contributed by atoms with Crippen molar-refractivity contribution in [1.82, 2.24) is 14.1 Å². The zero-order chi connectivity index (χ0) is 25.6. The molecule has 0 spiro atoms. The number of carbonyl (C=O) groups excluding carboxylic acids is 3. The predicted molar refractivity (Wildman–Crippen MR) is 132 cm³/mol. The zero-order valence-electron chi connectivity index (χ0n) is 20.0. The van der Waals surface area contributed by atoms with E-state index in [0.29, 0.717) is 29.7 Å². The number of hydrogen-bond donors (Lipinski definition) is 2. The number of primary amides is 1. The number of unbranched alkanes of at least 4 members (excludes halogenated alkanes) is 1. The summed E-state index contributed by atoms with van der Waals surface area (Å²) in [6.45, 7) is 5.31. The summed E-state index contributed by atoms with van der Waals surface area (Å²) in [6.07, 6.45) is 4.99. The first-order valence-corrected chi connectivity index (χ1v) is 11.2. The Morgan fingerprint density at radius 3 is 2.60 bits per heavy atom. The van der Waals surface area contributed by atoms with Crippen molar-refractivity contribution in [3.05, 3.63) is 70.9 Å². The van der Waals surface area contributed by atoms with Crippen LogP contribution in [-0.4, -0.2) is 37.6 Å². The molecule has 0 aliphatic heterocycles. The van der Waals surface area contributed by atoms with E-state index in [1.54, 1.807) is 57.3 Å². The van der Waals surface area contributed by atoms with Crippen LogP contribution >= 0.6 is 0 Å². The minimum atomic E-state index is -0.712. The van der Waals surface area contributed by atoms with Crippen molar-refractivity contribution in [2.24, 2.45) is 5.73 Å². The normalized spacial score (nSPS) is 11.6. The van der Waals surface area contributed by atoms with E-state index in [1.807, 2.05) is 6.07 Å². The second-order valence-corrected chi connectivity index (χ2v) is 8.93. The van der Waals surface area contributed by atoms with Crippen LogP contribution in [0.2, 0.25) is 0 Å². The molecule has 0 unspecified atom stereocenters. The van der Waals surface area contributed by atoms with Crippen molar-refractivity contribution in [3.8, 4) is 0 Å². The number of nitrogens with one attached hydrogen (secondary N) is 1. The minimum absolute atomic E-state index is 0.00558. The minimum Gasteiger partial charge on any atom is -0.443 e. The number of benzene rings is 1. The van der Waals surface area contributed by atoms with Crippen molar-refractivity contribution in [1.29, 1.82) is 0 Å². The molecule has 0 atom stereocenters. The number of nitrogens with two attached hydrogens (primary N) is 1. The van der Waals surface area contributed by atoms with Gasteiger partial charge in [-0.05, 0) is 64.0 Å². The van der Waals surface area contributed by atoms with Crippen LogP contribution in [-0.2, 0) is 20.9 Å². The van der Waals surface area contributed by atoms with Crippen molar-refractivity contribution < 1.29 is 19.1 Å². The molecule has 1 aromatic carbocycles. The Balaban J connectivity index is 1.81. The summed E-state index contributed by atoms with van der Waals surface area (Å²) >= 11 is 0. The van der Waals surface area contributed by atoms with Gasteiger partial charge in [-0.25, -0.2) is 14.3 Å². The number of allylic oxidation sites excluding steroid dienone is 1. The highest BCUT2D eigenvalue weighted by Crippen LogP contribution is 2.19. The van der Waals surface area contributed by atoms with Crippen LogP contribution in [0, 0.1) is 0 Å². The third-order valence-corrected chi connectivity index (χ3v) is 4.87. The van der Waals surface area contributed by atoms with Gasteiger partial charge < -0.3 is 20.4 Å². The van der Waals surface area contributed by atoms with Gasteiger partial charge in [0.2, 0.25) is 11.8 Å². The van der Waals surface area contributed by atoms with E-state index >= 15 is 0 Å². The molecule has 35 heavy (non-hydrogen) atoms. The highest BCUT2D eigenvalue weighted by Gasteiger charge is 2.23. The number of hydrogen-bond acceptors (Lipinski definition) is 6. The summed E-state index contributed by atoms with van der Waals surface area (Å²) in [7, 11) is 0. The van der Waals surface area contributed by atoms with Gasteiger partial charge in [0.15, 0.2) is 0 Å². The third-order valence-electron chi connectivity index (χ3n) is 4.87. The predicted octanol–water partition coefficient (Wildman–Crippen LogP) is 3.18. The average molecular weight is 480 g/mol. The quantitative estimate of drug-likeness (QED) is 0.376. The van der Waals surface area contributed by atoms with Gasteiger partial charge in [-0.15, -0.1) is 0 Å². The molecule has 0 aliphatic rings. The molecule has 2 heterocycles. The first-order chi connectivity index (χ1) is 16.5. The maximum atomic E-state index is 13.0. The molecule has 10 heteroatoms. The fraction of sp³-hybridized carbons (Fsp3) is 0.320. The van der Waals surface area contributed by atoms with Crippen LogP contribution in [0.1, 0.15) is 45.9 Å². The average Bonchev–Trinajstić information content (AvgIpc) is 3.13. The number of rotatable bonds is 8. The highest BCUT2D eigenvalue weighted by molar-refractivity contribution is 5.90. The third kappa shape index (κ3) is 6.89. The van der Waals surface area contributed by atoms with E-state index in [9.17, 15) is 19.2 Å². The largest absolute Gasteiger partial charge is 0.443 e. The van der Waals surface area contributed by atoms with E-state index in [4.69, 9.17) is 10.5 Å². The van der Waals surface area contributed by atoms with Crippen molar-refractivity contribution in [3.63, 3.8) is 0 Å². The molecule has 0 aliphatic carbocycles. The number of anilines is 1. The number of aromatic nitrogens is 3. The van der Waals surface area contributed by atoms with Crippen LogP contribution in [0.4, 0.5) is 10.5 Å².